The van der Waals surface area contributed by atoms with Gasteiger partial charge in [0.2, 0.25) is 0 Å². The number of aliphatic carboxylic acids is 1. The van der Waals surface area contributed by atoms with Crippen molar-refractivity contribution in [1.29, 1.82) is 0 Å². The Labute approximate surface area is 157 Å². The van der Waals surface area contributed by atoms with E-state index >= 15 is 0 Å². The fraction of sp³-hybridized carbons (Fsp3) is 0.267. The van der Waals surface area contributed by atoms with Crippen molar-refractivity contribution in [2.75, 3.05) is 25.9 Å². The number of hydrogen-bond donors (Lipinski definition) is 3. The van der Waals surface area contributed by atoms with Crippen LogP contribution < -0.4 is 11.1 Å². The summed E-state index contributed by atoms with van der Waals surface area (Å²) >= 11 is 1.13. The van der Waals surface area contributed by atoms with Crippen molar-refractivity contribution >= 4 is 40.0 Å². The number of amides is 2. The molecule has 0 bridgehead atoms. The van der Waals surface area contributed by atoms with Crippen LogP contribution in [0.5, 0.6) is 0 Å². The number of anilines is 1. The number of hydrazine groups is 1. The van der Waals surface area contributed by atoms with E-state index in [0.717, 1.165) is 16.3 Å². The highest BCUT2D eigenvalue weighted by atomic mass is 32.1. The van der Waals surface area contributed by atoms with Gasteiger partial charge in [0.05, 0.1) is 0 Å². The quantitative estimate of drug-likeness (QED) is 0.419. The molecule has 0 radical (unpaired) electrons. The van der Waals surface area contributed by atoms with Gasteiger partial charge in [-0.05, 0) is 0 Å². The molecular formula is C15H16N6O5S. The van der Waals surface area contributed by atoms with Crippen molar-refractivity contribution in [3.05, 3.63) is 35.0 Å². The number of aromatic nitrogens is 1. The monoisotopic (exact) mass is 392 g/mol. The maximum Gasteiger partial charge on any atom is 0.354 e. The van der Waals surface area contributed by atoms with E-state index in [1.54, 1.807) is 0 Å². The average molecular weight is 392 g/mol. The number of oxime groups is 1. The van der Waals surface area contributed by atoms with Gasteiger partial charge < -0.3 is 21.0 Å². The number of hydrogen-bond acceptors (Lipinski definition) is 9. The molecule has 2 amide bonds. The Morgan fingerprint density at radius 2 is 2.33 bits per heavy atom. The zero-order valence-electron chi connectivity index (χ0n) is 14.2. The van der Waals surface area contributed by atoms with Crippen LogP contribution in [0.2, 0.25) is 0 Å². The summed E-state index contributed by atoms with van der Waals surface area (Å²) in [5, 5.41) is 20.0. The van der Waals surface area contributed by atoms with Crippen molar-refractivity contribution in [2.45, 2.75) is 6.04 Å². The molecule has 1 atom stereocenters. The first-order valence-corrected chi connectivity index (χ1v) is 8.56. The van der Waals surface area contributed by atoms with Gasteiger partial charge in [0.25, 0.3) is 11.8 Å². The number of rotatable bonds is 6. The first-order chi connectivity index (χ1) is 12.9. The second kappa shape index (κ2) is 7.17. The van der Waals surface area contributed by atoms with Gasteiger partial charge in [-0.2, -0.15) is 0 Å². The predicted octanol–water partition coefficient (Wildman–Crippen LogP) is -0.842. The van der Waals surface area contributed by atoms with E-state index in [1.165, 1.54) is 23.6 Å². The number of nitrogens with one attached hydrogen (secondary N) is 1. The molecule has 0 saturated carbocycles. The van der Waals surface area contributed by atoms with Crippen molar-refractivity contribution in [3.63, 3.8) is 0 Å². The summed E-state index contributed by atoms with van der Waals surface area (Å²) < 4.78 is 0. The van der Waals surface area contributed by atoms with E-state index in [0.29, 0.717) is 5.57 Å². The van der Waals surface area contributed by atoms with Crippen molar-refractivity contribution < 1.29 is 24.3 Å². The number of carbonyl (C=O) groups excluding carboxylic acids is 2. The SMILES string of the molecule is C=CC1=C(C(=O)O)N2C(=O)[C@@H](NC(=O)/C(=N\OC)c3csc(N)n3)CN2C1. The van der Waals surface area contributed by atoms with Crippen LogP contribution in [0.4, 0.5) is 5.13 Å². The molecular weight excluding hydrogens is 376 g/mol. The van der Waals surface area contributed by atoms with Crippen LogP contribution in [0.1, 0.15) is 5.69 Å². The number of thiazole rings is 1. The first-order valence-electron chi connectivity index (χ1n) is 7.68. The van der Waals surface area contributed by atoms with Gasteiger partial charge in [-0.15, -0.1) is 11.3 Å². The minimum absolute atomic E-state index is 0.109. The molecule has 0 aliphatic carbocycles. The Bertz CT molecular complexity index is 891. The van der Waals surface area contributed by atoms with E-state index in [4.69, 9.17) is 5.73 Å². The summed E-state index contributed by atoms with van der Waals surface area (Å²) in [4.78, 5) is 45.4. The molecule has 2 aliphatic heterocycles. The third-order valence-electron chi connectivity index (χ3n) is 3.97. The molecule has 2 aliphatic rings. The molecule has 142 valence electrons. The number of nitrogen functional groups attached to an aromatic ring is 1. The number of carboxylic acids is 1. The molecule has 0 unspecified atom stereocenters. The zero-order valence-corrected chi connectivity index (χ0v) is 15.0. The predicted molar refractivity (Wildman–Crippen MR) is 95.3 cm³/mol. The number of nitrogens with two attached hydrogens (primary N) is 1. The van der Waals surface area contributed by atoms with Gasteiger partial charge in [0.1, 0.15) is 18.8 Å². The minimum Gasteiger partial charge on any atom is -0.477 e. The van der Waals surface area contributed by atoms with Crippen LogP contribution in [0.3, 0.4) is 0 Å². The van der Waals surface area contributed by atoms with Gasteiger partial charge in [-0.1, -0.05) is 17.8 Å². The van der Waals surface area contributed by atoms with Crippen molar-refractivity contribution in [3.8, 4) is 0 Å². The zero-order chi connectivity index (χ0) is 19.7. The average Bonchev–Trinajstić information content (AvgIpc) is 3.28. The Kier molecular flexibility index (Phi) is 4.92. The maximum atomic E-state index is 12.7. The molecule has 0 spiro atoms. The largest absolute Gasteiger partial charge is 0.477 e. The lowest BCUT2D eigenvalue weighted by molar-refractivity contribution is -0.143. The topological polar surface area (TPSA) is 150 Å². The molecule has 1 fully saturated rings. The van der Waals surface area contributed by atoms with Gasteiger partial charge in [-0.3, -0.25) is 9.59 Å². The van der Waals surface area contributed by atoms with Crippen LogP contribution in [-0.4, -0.2) is 69.8 Å². The van der Waals surface area contributed by atoms with Crippen molar-refractivity contribution in [2.24, 2.45) is 5.16 Å². The Morgan fingerprint density at radius 3 is 2.89 bits per heavy atom. The summed E-state index contributed by atoms with van der Waals surface area (Å²) in [5.74, 6) is -2.49. The van der Waals surface area contributed by atoms with Crippen molar-refractivity contribution in [1.82, 2.24) is 20.3 Å². The lowest BCUT2D eigenvalue weighted by Gasteiger charge is -2.19. The van der Waals surface area contributed by atoms with Gasteiger partial charge in [0, 0.05) is 24.0 Å². The highest BCUT2D eigenvalue weighted by Gasteiger charge is 2.47. The lowest BCUT2D eigenvalue weighted by Crippen LogP contribution is -2.46. The summed E-state index contributed by atoms with van der Waals surface area (Å²) in [7, 11) is 1.27. The van der Waals surface area contributed by atoms with Gasteiger partial charge in [-0.25, -0.2) is 19.8 Å². The molecule has 12 heteroatoms. The van der Waals surface area contributed by atoms with Crippen LogP contribution in [-0.2, 0) is 19.2 Å². The normalized spacial score (nSPS) is 20.0. The summed E-state index contributed by atoms with van der Waals surface area (Å²) in [5.41, 5.74) is 5.92. The second-order valence-electron chi connectivity index (χ2n) is 5.60. The van der Waals surface area contributed by atoms with Gasteiger partial charge >= 0.3 is 5.97 Å². The molecule has 27 heavy (non-hydrogen) atoms. The van der Waals surface area contributed by atoms with E-state index in [1.807, 2.05) is 0 Å². The fourth-order valence-corrected chi connectivity index (χ4v) is 3.42. The Balaban J connectivity index is 1.79. The highest BCUT2D eigenvalue weighted by molar-refractivity contribution is 7.13. The highest BCUT2D eigenvalue weighted by Crippen LogP contribution is 2.29. The van der Waals surface area contributed by atoms with Crippen LogP contribution in [0.25, 0.3) is 0 Å². The van der Waals surface area contributed by atoms with Crippen LogP contribution in [0, 0.1) is 0 Å². The maximum absolute atomic E-state index is 12.7. The Hall–Kier alpha value is -3.25. The fourth-order valence-electron chi connectivity index (χ4n) is 2.87. The Morgan fingerprint density at radius 1 is 1.59 bits per heavy atom. The molecule has 0 aromatic carbocycles. The molecule has 1 aromatic heterocycles. The third kappa shape index (κ3) is 3.27. The molecule has 1 aromatic rings. The second-order valence-corrected chi connectivity index (χ2v) is 6.49. The molecule has 3 rings (SSSR count). The van der Waals surface area contributed by atoms with E-state index in [2.05, 4.69) is 26.9 Å². The first kappa shape index (κ1) is 18.5. The smallest absolute Gasteiger partial charge is 0.354 e. The number of nitrogens with zero attached hydrogens (tertiary/aromatic N) is 4. The summed E-state index contributed by atoms with van der Waals surface area (Å²) in [6.07, 6.45) is 1.40. The molecule has 4 N–H and O–H groups in total. The van der Waals surface area contributed by atoms with E-state index in [-0.39, 0.29) is 35.3 Å². The standard InChI is InChI=1S/C15H16N6O5S/c1-3-7-4-20-5-8(13(23)21(20)11(7)14(24)25)17-12(22)10(19-26-2)9-6-27-15(16)18-9/h3,6,8H,1,4-5H2,2H3,(H2,16,18)(H,17,22)(H,24,25)/b19-10-/t8-/m0/s1. The number of carboxylic acid groups (broad SMARTS) is 1. The lowest BCUT2D eigenvalue weighted by atomic mass is 10.1. The third-order valence-corrected chi connectivity index (χ3v) is 4.64. The number of carbonyl (C=O) groups is 3. The molecule has 3 heterocycles. The minimum atomic E-state index is -1.24. The van der Waals surface area contributed by atoms with E-state index < -0.39 is 23.8 Å². The summed E-state index contributed by atoms with van der Waals surface area (Å²) in [6, 6.07) is -0.948. The van der Waals surface area contributed by atoms with Gasteiger partial charge in [0.15, 0.2) is 16.5 Å². The number of fused-ring (bicyclic) bond motifs is 1. The van der Waals surface area contributed by atoms with Crippen LogP contribution in [0.15, 0.2) is 34.5 Å². The van der Waals surface area contributed by atoms with Crippen LogP contribution >= 0.6 is 11.3 Å². The summed E-state index contributed by atoms with van der Waals surface area (Å²) in [6.45, 7) is 3.90. The molecule has 11 nitrogen and oxygen atoms in total. The molecule has 1 saturated heterocycles. The van der Waals surface area contributed by atoms with E-state index in [9.17, 15) is 19.5 Å².